The molecule has 0 aromatic heterocycles. The largest absolute Gasteiger partial charge is 0.398 e. The van der Waals surface area contributed by atoms with Gasteiger partial charge in [0.15, 0.2) is 0 Å². The summed E-state index contributed by atoms with van der Waals surface area (Å²) >= 11 is 5.81. The Morgan fingerprint density at radius 2 is 2.00 bits per heavy atom. The van der Waals surface area contributed by atoms with Crippen molar-refractivity contribution in [2.45, 2.75) is 13.3 Å². The number of carbonyl (C=O) groups is 1. The molecule has 0 radical (unpaired) electrons. The maximum atomic E-state index is 12.0. The van der Waals surface area contributed by atoms with E-state index in [0.29, 0.717) is 22.8 Å². The Morgan fingerprint density at radius 3 is 2.70 bits per heavy atom. The molecule has 0 bridgehead atoms. The summed E-state index contributed by atoms with van der Waals surface area (Å²) in [6.07, 6.45) is 0.798. The Hall–Kier alpha value is -2.00. The molecular formula is C16H17ClN2O. The molecule has 0 aliphatic carbocycles. The number of anilines is 1. The van der Waals surface area contributed by atoms with E-state index in [4.69, 9.17) is 17.3 Å². The van der Waals surface area contributed by atoms with Gasteiger partial charge in [-0.25, -0.2) is 0 Å². The van der Waals surface area contributed by atoms with E-state index < -0.39 is 0 Å². The molecular weight excluding hydrogens is 272 g/mol. The molecule has 0 aliphatic rings. The van der Waals surface area contributed by atoms with Crippen molar-refractivity contribution in [3.05, 3.63) is 64.2 Å². The highest BCUT2D eigenvalue weighted by atomic mass is 35.5. The van der Waals surface area contributed by atoms with E-state index in [1.807, 2.05) is 12.1 Å². The van der Waals surface area contributed by atoms with E-state index >= 15 is 0 Å². The third-order valence-corrected chi connectivity index (χ3v) is 3.43. The molecule has 3 N–H and O–H groups in total. The number of hydrogen-bond acceptors (Lipinski definition) is 2. The number of halogens is 1. The van der Waals surface area contributed by atoms with Crippen molar-refractivity contribution in [2.75, 3.05) is 12.3 Å². The molecule has 0 saturated carbocycles. The maximum Gasteiger partial charge on any atom is 0.253 e. The van der Waals surface area contributed by atoms with Crippen molar-refractivity contribution >= 4 is 23.2 Å². The fraction of sp³-hybridized carbons (Fsp3) is 0.188. The summed E-state index contributed by atoms with van der Waals surface area (Å²) in [5.74, 6) is -0.173. The van der Waals surface area contributed by atoms with Gasteiger partial charge in [0, 0.05) is 17.3 Å². The van der Waals surface area contributed by atoms with Gasteiger partial charge >= 0.3 is 0 Å². The normalized spacial score (nSPS) is 10.3. The molecule has 0 heterocycles. The van der Waals surface area contributed by atoms with Gasteiger partial charge in [0.2, 0.25) is 0 Å². The lowest BCUT2D eigenvalue weighted by Gasteiger charge is -2.09. The van der Waals surface area contributed by atoms with E-state index in [0.717, 1.165) is 6.42 Å². The van der Waals surface area contributed by atoms with E-state index in [-0.39, 0.29) is 5.91 Å². The van der Waals surface area contributed by atoms with E-state index in [9.17, 15) is 4.79 Å². The zero-order valence-corrected chi connectivity index (χ0v) is 12.1. The molecule has 0 atom stereocenters. The Kier molecular flexibility index (Phi) is 4.64. The number of nitrogen functional groups attached to an aromatic ring is 1. The van der Waals surface area contributed by atoms with Gasteiger partial charge in [-0.05, 0) is 42.7 Å². The predicted molar refractivity (Wildman–Crippen MR) is 83.1 cm³/mol. The number of nitrogens with one attached hydrogen (secondary N) is 1. The number of rotatable bonds is 4. The first-order chi connectivity index (χ1) is 9.58. The lowest BCUT2D eigenvalue weighted by molar-refractivity contribution is 0.0955. The fourth-order valence-electron chi connectivity index (χ4n) is 2.04. The SMILES string of the molecule is Cc1ccccc1CCNC(=O)c1ccc(Cl)cc1N. The van der Waals surface area contributed by atoms with Crippen LogP contribution in [-0.2, 0) is 6.42 Å². The minimum Gasteiger partial charge on any atom is -0.398 e. The molecule has 2 aromatic carbocycles. The summed E-state index contributed by atoms with van der Waals surface area (Å²) in [4.78, 5) is 12.0. The Balaban J connectivity index is 1.94. The summed E-state index contributed by atoms with van der Waals surface area (Å²) in [7, 11) is 0. The summed E-state index contributed by atoms with van der Waals surface area (Å²) in [5.41, 5.74) is 9.10. The molecule has 2 aromatic rings. The second-order valence-electron chi connectivity index (χ2n) is 4.66. The van der Waals surface area contributed by atoms with E-state index in [2.05, 4.69) is 24.4 Å². The van der Waals surface area contributed by atoms with Crippen molar-refractivity contribution < 1.29 is 4.79 Å². The molecule has 1 amide bonds. The monoisotopic (exact) mass is 288 g/mol. The van der Waals surface area contributed by atoms with Crippen LogP contribution in [0.3, 0.4) is 0 Å². The van der Waals surface area contributed by atoms with Crippen LogP contribution in [0, 0.1) is 6.92 Å². The lowest BCUT2D eigenvalue weighted by atomic mass is 10.1. The average molecular weight is 289 g/mol. The summed E-state index contributed by atoms with van der Waals surface area (Å²) in [5, 5.41) is 3.40. The summed E-state index contributed by atoms with van der Waals surface area (Å²) in [6, 6.07) is 13.0. The van der Waals surface area contributed by atoms with Gasteiger partial charge in [-0.15, -0.1) is 0 Å². The van der Waals surface area contributed by atoms with Gasteiger partial charge in [0.25, 0.3) is 5.91 Å². The van der Waals surface area contributed by atoms with Crippen LogP contribution in [-0.4, -0.2) is 12.5 Å². The summed E-state index contributed by atoms with van der Waals surface area (Å²) < 4.78 is 0. The quantitative estimate of drug-likeness (QED) is 0.849. The molecule has 2 rings (SSSR count). The van der Waals surface area contributed by atoms with Crippen molar-refractivity contribution in [1.82, 2.24) is 5.32 Å². The molecule has 0 fully saturated rings. The standard InChI is InChI=1S/C16H17ClN2O/c1-11-4-2-3-5-12(11)8-9-19-16(20)14-7-6-13(17)10-15(14)18/h2-7,10H,8-9,18H2,1H3,(H,19,20). The van der Waals surface area contributed by atoms with Crippen LogP contribution in [0.25, 0.3) is 0 Å². The first-order valence-corrected chi connectivity index (χ1v) is 6.83. The number of hydrogen-bond donors (Lipinski definition) is 2. The van der Waals surface area contributed by atoms with Crippen molar-refractivity contribution in [3.8, 4) is 0 Å². The highest BCUT2D eigenvalue weighted by Crippen LogP contribution is 2.17. The number of nitrogens with two attached hydrogens (primary N) is 1. The van der Waals surface area contributed by atoms with Gasteiger partial charge in [-0.1, -0.05) is 35.9 Å². The fourth-order valence-corrected chi connectivity index (χ4v) is 2.22. The smallest absolute Gasteiger partial charge is 0.253 e. The van der Waals surface area contributed by atoms with Crippen LogP contribution in [0.1, 0.15) is 21.5 Å². The van der Waals surface area contributed by atoms with Crippen LogP contribution < -0.4 is 11.1 Å². The van der Waals surface area contributed by atoms with Crippen LogP contribution in [0.15, 0.2) is 42.5 Å². The Labute approximate surface area is 123 Å². The molecule has 0 spiro atoms. The molecule has 3 nitrogen and oxygen atoms in total. The number of amides is 1. The molecule has 20 heavy (non-hydrogen) atoms. The molecule has 0 unspecified atom stereocenters. The zero-order chi connectivity index (χ0) is 14.5. The third-order valence-electron chi connectivity index (χ3n) is 3.20. The van der Waals surface area contributed by atoms with Gasteiger partial charge < -0.3 is 11.1 Å². The van der Waals surface area contributed by atoms with Gasteiger partial charge in [0.05, 0.1) is 5.56 Å². The second-order valence-corrected chi connectivity index (χ2v) is 5.10. The first-order valence-electron chi connectivity index (χ1n) is 6.45. The van der Waals surface area contributed by atoms with Gasteiger partial charge in [-0.2, -0.15) is 0 Å². The lowest BCUT2D eigenvalue weighted by Crippen LogP contribution is -2.26. The molecule has 104 valence electrons. The van der Waals surface area contributed by atoms with Crippen molar-refractivity contribution in [1.29, 1.82) is 0 Å². The number of benzene rings is 2. The molecule has 4 heteroatoms. The minimum atomic E-state index is -0.173. The highest BCUT2D eigenvalue weighted by molar-refractivity contribution is 6.31. The van der Waals surface area contributed by atoms with Crippen LogP contribution in [0.4, 0.5) is 5.69 Å². The molecule has 0 saturated heterocycles. The average Bonchev–Trinajstić information content (AvgIpc) is 2.40. The third kappa shape index (κ3) is 3.52. The van der Waals surface area contributed by atoms with Crippen molar-refractivity contribution in [2.24, 2.45) is 0 Å². The summed E-state index contributed by atoms with van der Waals surface area (Å²) in [6.45, 7) is 2.64. The van der Waals surface area contributed by atoms with Crippen LogP contribution in [0.2, 0.25) is 5.02 Å². The van der Waals surface area contributed by atoms with E-state index in [1.165, 1.54) is 11.1 Å². The predicted octanol–water partition coefficient (Wildman–Crippen LogP) is 3.20. The van der Waals surface area contributed by atoms with Gasteiger partial charge in [-0.3, -0.25) is 4.79 Å². The second kappa shape index (κ2) is 6.44. The van der Waals surface area contributed by atoms with E-state index in [1.54, 1.807) is 18.2 Å². The van der Waals surface area contributed by atoms with Crippen LogP contribution in [0.5, 0.6) is 0 Å². The Morgan fingerprint density at radius 1 is 1.25 bits per heavy atom. The topological polar surface area (TPSA) is 55.1 Å². The molecule has 0 aliphatic heterocycles. The first kappa shape index (κ1) is 14.4. The minimum absolute atomic E-state index is 0.173. The van der Waals surface area contributed by atoms with Gasteiger partial charge in [0.1, 0.15) is 0 Å². The number of carbonyl (C=O) groups excluding carboxylic acids is 1. The van der Waals surface area contributed by atoms with Crippen LogP contribution >= 0.6 is 11.6 Å². The highest BCUT2D eigenvalue weighted by Gasteiger charge is 2.09. The number of aryl methyl sites for hydroxylation is 1. The zero-order valence-electron chi connectivity index (χ0n) is 11.3. The Bertz CT molecular complexity index is 626. The maximum absolute atomic E-state index is 12.0. The van der Waals surface area contributed by atoms with Crippen molar-refractivity contribution in [3.63, 3.8) is 0 Å².